The number of carbonyl (C=O) groups is 7. The minimum atomic E-state index is -0.754. The van der Waals surface area contributed by atoms with Gasteiger partial charge in [0.1, 0.15) is 39.4 Å². The van der Waals surface area contributed by atoms with Crippen LogP contribution in [0.4, 0.5) is 14.4 Å². The van der Waals surface area contributed by atoms with E-state index in [0.29, 0.717) is 103 Å². The summed E-state index contributed by atoms with van der Waals surface area (Å²) in [7, 11) is 0. The molecule has 3 fully saturated rings. The molecule has 18 heteroatoms. The maximum Gasteiger partial charge on any atom is 0.410 e. The third kappa shape index (κ3) is 23.8. The van der Waals surface area contributed by atoms with Crippen LogP contribution in [0, 0.1) is 35.5 Å². The van der Waals surface area contributed by atoms with E-state index in [9.17, 15) is 33.6 Å². The van der Waals surface area contributed by atoms with E-state index >= 15 is 0 Å². The maximum atomic E-state index is 14.9. The van der Waals surface area contributed by atoms with Crippen LogP contribution in [0.25, 0.3) is 0 Å². The van der Waals surface area contributed by atoms with Crippen LogP contribution < -0.4 is 10.1 Å². The zero-order valence-electron chi connectivity index (χ0n) is 57.3. The molecule has 6 rings (SSSR count). The molecule has 18 nitrogen and oxygen atoms in total. The highest BCUT2D eigenvalue weighted by molar-refractivity contribution is 5.84. The van der Waals surface area contributed by atoms with Crippen LogP contribution in [0.1, 0.15) is 184 Å². The standard InChI is InChI=1S/C72H106N4O14/c1-67(2,3)85-61(78)57(52-29-33-74(44-52)64(81)88-70(10,11)12)41-48-24-19-23-47(37-48)40-56(51-27-20-25-49(38-51)42-58(62(79)86-68(4,5)6)53-30-34-75(45-53)65(82)89-71(13,14)15)60(77)73-32-22-36-84-55-28-21-26-50(39-55)43-59(63(80)87-69(7,8)9)54-31-35-76(46-54)66(83)90-72(16,17)18/h19-21,23-28,37-39,52-54,56-59H,22,29-36,40-46H2,1-18H3,(H,73,77)/t52-,53-,54-,56?,57-,58-,59-/m0/s1. The number of hydrogen-bond donors (Lipinski definition) is 1. The first-order valence-corrected chi connectivity index (χ1v) is 32.4. The molecule has 0 aliphatic carbocycles. The zero-order chi connectivity index (χ0) is 66.7. The molecule has 3 aliphatic heterocycles. The van der Waals surface area contributed by atoms with Crippen molar-refractivity contribution in [2.24, 2.45) is 35.5 Å². The molecule has 0 spiro atoms. The fraction of sp³-hybridized carbons (Fsp3) is 0.653. The van der Waals surface area contributed by atoms with Crippen LogP contribution in [0.3, 0.4) is 0 Å². The van der Waals surface area contributed by atoms with Gasteiger partial charge in [0.15, 0.2) is 0 Å². The molecule has 90 heavy (non-hydrogen) atoms. The van der Waals surface area contributed by atoms with Gasteiger partial charge in [-0.3, -0.25) is 19.2 Å². The van der Waals surface area contributed by atoms with E-state index in [-0.39, 0.29) is 48.2 Å². The smallest absolute Gasteiger partial charge is 0.410 e. The maximum absolute atomic E-state index is 14.9. The monoisotopic (exact) mass is 1250 g/mol. The first-order valence-electron chi connectivity index (χ1n) is 32.4. The molecule has 3 aromatic rings. The van der Waals surface area contributed by atoms with Crippen LogP contribution >= 0.6 is 0 Å². The van der Waals surface area contributed by atoms with Crippen molar-refractivity contribution in [1.82, 2.24) is 20.0 Å². The molecule has 0 radical (unpaired) electrons. The van der Waals surface area contributed by atoms with E-state index in [4.69, 9.17) is 33.2 Å². The normalized spacial score (nSPS) is 18.9. The quantitative estimate of drug-likeness (QED) is 0.0598. The number of hydrogen-bond acceptors (Lipinski definition) is 14. The second-order valence-corrected chi connectivity index (χ2v) is 30.9. The Balaban J connectivity index is 1.22. The second kappa shape index (κ2) is 30.1. The van der Waals surface area contributed by atoms with Gasteiger partial charge in [0, 0.05) is 45.8 Å². The topological polar surface area (TPSA) is 206 Å². The number of likely N-dealkylation sites (tertiary alicyclic amines) is 3. The van der Waals surface area contributed by atoms with Crippen LogP contribution in [-0.4, -0.2) is 143 Å². The third-order valence-corrected chi connectivity index (χ3v) is 15.7. The second-order valence-electron chi connectivity index (χ2n) is 30.9. The van der Waals surface area contributed by atoms with E-state index in [1.54, 1.807) is 14.7 Å². The molecule has 498 valence electrons. The molecule has 1 unspecified atom stereocenters. The average molecular weight is 1250 g/mol. The average Bonchev–Trinajstić information content (AvgIpc) is 2.07. The van der Waals surface area contributed by atoms with Gasteiger partial charge in [-0.1, -0.05) is 60.7 Å². The van der Waals surface area contributed by atoms with Gasteiger partial charge in [-0.05, 0) is 234 Å². The molecule has 0 saturated carbocycles. The van der Waals surface area contributed by atoms with Crippen LogP contribution in [-0.2, 0) is 73.3 Å². The summed E-state index contributed by atoms with van der Waals surface area (Å²) in [5.41, 5.74) is 0.0220. The van der Waals surface area contributed by atoms with Gasteiger partial charge in [-0.25, -0.2) is 14.4 Å². The van der Waals surface area contributed by atoms with Crippen molar-refractivity contribution >= 4 is 42.1 Å². The molecule has 4 amide bonds. The van der Waals surface area contributed by atoms with Crippen molar-refractivity contribution in [1.29, 1.82) is 0 Å². The Morgan fingerprint density at radius 2 is 0.767 bits per heavy atom. The van der Waals surface area contributed by atoms with E-state index < -0.39 is 75.6 Å². The number of rotatable bonds is 21. The summed E-state index contributed by atoms with van der Waals surface area (Å²) in [5.74, 6) is -3.51. The predicted molar refractivity (Wildman–Crippen MR) is 346 cm³/mol. The lowest BCUT2D eigenvalue weighted by Gasteiger charge is -2.28. The Labute approximate surface area is 536 Å². The van der Waals surface area contributed by atoms with Crippen molar-refractivity contribution in [3.05, 3.63) is 101 Å². The SMILES string of the molecule is CC(C)(C)OC(=O)[C@@H](Cc1cccc(CC(C(=O)NCCCOc2cccc(C[C@H](C(=O)OC(C)(C)C)[C@H]3CCN(C(=O)OC(C)(C)C)C3)c2)c2cccc(C[C@H](C(=O)OC(C)(C)C)[C@H]3CCN(C(=O)OC(C)(C)C)C3)c2)c1)[C@H]1CCN(C(=O)OC(C)(C)C)C1. The summed E-state index contributed by atoms with van der Waals surface area (Å²) < 4.78 is 41.4. The summed E-state index contributed by atoms with van der Waals surface area (Å²) >= 11 is 0. The number of nitrogens with zero attached hydrogens (tertiary/aromatic N) is 3. The molecule has 0 aromatic heterocycles. The number of ether oxygens (including phenoxy) is 7. The molecule has 3 aliphatic rings. The summed E-state index contributed by atoms with van der Waals surface area (Å²) in [6.45, 7) is 36.1. The van der Waals surface area contributed by atoms with Gasteiger partial charge in [-0.2, -0.15) is 0 Å². The van der Waals surface area contributed by atoms with Gasteiger partial charge < -0.3 is 53.2 Å². The number of nitrogens with one attached hydrogen (secondary N) is 1. The number of carbonyl (C=O) groups excluding carboxylic acids is 7. The largest absolute Gasteiger partial charge is 0.494 e. The Bertz CT molecular complexity index is 2950. The number of esters is 3. The minimum Gasteiger partial charge on any atom is -0.494 e. The molecule has 3 heterocycles. The summed E-state index contributed by atoms with van der Waals surface area (Å²) in [5, 5.41) is 3.21. The van der Waals surface area contributed by atoms with E-state index in [2.05, 4.69) is 5.32 Å². The molecular formula is C72H106N4O14. The number of benzene rings is 3. The van der Waals surface area contributed by atoms with Gasteiger partial charge in [-0.15, -0.1) is 0 Å². The highest BCUT2D eigenvalue weighted by Crippen LogP contribution is 2.36. The highest BCUT2D eigenvalue weighted by atomic mass is 16.6. The van der Waals surface area contributed by atoms with Gasteiger partial charge in [0.05, 0.1) is 30.3 Å². The Hall–Kier alpha value is -6.85. The van der Waals surface area contributed by atoms with Gasteiger partial charge in [0.25, 0.3) is 0 Å². The van der Waals surface area contributed by atoms with Crippen molar-refractivity contribution in [3.63, 3.8) is 0 Å². The summed E-state index contributed by atoms with van der Waals surface area (Å²) in [6, 6.07) is 23.4. The van der Waals surface area contributed by atoms with E-state index in [0.717, 1.165) is 27.8 Å². The Morgan fingerprint density at radius 3 is 1.14 bits per heavy atom. The number of amides is 4. The summed E-state index contributed by atoms with van der Waals surface area (Å²) in [4.78, 5) is 102. The lowest BCUT2D eigenvalue weighted by molar-refractivity contribution is -0.163. The molecule has 1 N–H and O–H groups in total. The third-order valence-electron chi connectivity index (χ3n) is 15.7. The van der Waals surface area contributed by atoms with Crippen molar-refractivity contribution < 1.29 is 66.7 Å². The summed E-state index contributed by atoms with van der Waals surface area (Å²) in [6.07, 6.45) is 2.40. The lowest BCUT2D eigenvalue weighted by atomic mass is 9.83. The van der Waals surface area contributed by atoms with E-state index in [1.807, 2.05) is 197 Å². The minimum absolute atomic E-state index is 0.140. The molecule has 7 atom stereocenters. The van der Waals surface area contributed by atoms with Gasteiger partial charge in [0.2, 0.25) is 5.91 Å². The Morgan fingerprint density at radius 1 is 0.433 bits per heavy atom. The van der Waals surface area contributed by atoms with Crippen LogP contribution in [0.5, 0.6) is 5.75 Å². The van der Waals surface area contributed by atoms with Crippen LogP contribution in [0.2, 0.25) is 0 Å². The first-order chi connectivity index (χ1) is 41.7. The highest BCUT2D eigenvalue weighted by Gasteiger charge is 2.43. The molecular weight excluding hydrogens is 1140 g/mol. The lowest BCUT2D eigenvalue weighted by Crippen LogP contribution is -2.38. The van der Waals surface area contributed by atoms with Crippen LogP contribution in [0.15, 0.2) is 72.8 Å². The molecule has 3 saturated heterocycles. The first kappa shape index (κ1) is 72.2. The van der Waals surface area contributed by atoms with Gasteiger partial charge >= 0.3 is 36.2 Å². The Kier molecular flexibility index (Phi) is 24.1. The van der Waals surface area contributed by atoms with E-state index in [1.165, 1.54) is 0 Å². The molecule has 3 aromatic carbocycles. The predicted octanol–water partition coefficient (Wildman–Crippen LogP) is 12.9. The fourth-order valence-corrected chi connectivity index (χ4v) is 11.8. The van der Waals surface area contributed by atoms with Crippen molar-refractivity contribution in [2.45, 2.75) is 216 Å². The fourth-order valence-electron chi connectivity index (χ4n) is 11.8. The molecule has 0 bridgehead atoms. The zero-order valence-corrected chi connectivity index (χ0v) is 57.3. The van der Waals surface area contributed by atoms with Crippen molar-refractivity contribution in [2.75, 3.05) is 52.4 Å². The van der Waals surface area contributed by atoms with Crippen molar-refractivity contribution in [3.8, 4) is 5.75 Å².